The van der Waals surface area contributed by atoms with Crippen LogP contribution in [-0.2, 0) is 0 Å². The maximum absolute atomic E-state index is 14.1. The molecule has 0 bridgehead atoms. The minimum absolute atomic E-state index is 0.0941. The highest BCUT2D eigenvalue weighted by Gasteiger charge is 2.27. The number of aryl methyl sites for hydroxylation is 1. The van der Waals surface area contributed by atoms with Crippen molar-refractivity contribution in [2.75, 3.05) is 32.7 Å². The van der Waals surface area contributed by atoms with Gasteiger partial charge in [-0.25, -0.2) is 9.37 Å². The maximum atomic E-state index is 14.1. The molecule has 1 saturated heterocycles. The van der Waals surface area contributed by atoms with E-state index in [-0.39, 0.29) is 11.7 Å². The van der Waals surface area contributed by atoms with Gasteiger partial charge in [-0.3, -0.25) is 4.79 Å². The summed E-state index contributed by atoms with van der Waals surface area (Å²) in [4.78, 5) is 22.0. The molecule has 122 valence electrons. The molecule has 0 aliphatic carbocycles. The number of likely N-dealkylation sites (N-methyl/N-ethyl adjacent to an activating group) is 1. The van der Waals surface area contributed by atoms with E-state index in [2.05, 4.69) is 16.8 Å². The summed E-state index contributed by atoms with van der Waals surface area (Å²) < 4.78 is 14.1. The fraction of sp³-hybridized carbons (Fsp3) is 0.412. The average Bonchev–Trinajstić information content (AvgIpc) is 2.96. The number of hydrogen-bond acceptors (Lipinski definition) is 4. The van der Waals surface area contributed by atoms with Crippen LogP contribution in [0.4, 0.5) is 4.39 Å². The first kappa shape index (κ1) is 16.1. The van der Waals surface area contributed by atoms with Gasteiger partial charge in [-0.05, 0) is 19.5 Å². The predicted octanol–water partition coefficient (Wildman–Crippen LogP) is 3.04. The molecule has 3 rings (SSSR count). The Morgan fingerprint density at radius 2 is 1.96 bits per heavy atom. The number of thiazole rings is 1. The molecule has 4 nitrogen and oxygen atoms in total. The highest BCUT2D eigenvalue weighted by atomic mass is 32.1. The number of nitrogens with zero attached hydrogens (tertiary/aromatic N) is 3. The third-order valence-corrected chi connectivity index (χ3v) is 5.17. The van der Waals surface area contributed by atoms with Crippen molar-refractivity contribution < 1.29 is 9.18 Å². The lowest BCUT2D eigenvalue weighted by atomic mass is 10.1. The normalized spacial score (nSPS) is 15.9. The Bertz CT molecular complexity index is 708. The summed E-state index contributed by atoms with van der Waals surface area (Å²) in [5.41, 5.74) is 0.830. The van der Waals surface area contributed by atoms with E-state index in [1.807, 2.05) is 11.8 Å². The van der Waals surface area contributed by atoms with Gasteiger partial charge in [-0.15, -0.1) is 11.3 Å². The molecule has 2 aromatic rings. The fourth-order valence-corrected chi connectivity index (χ4v) is 3.75. The van der Waals surface area contributed by atoms with Crippen molar-refractivity contribution in [2.24, 2.45) is 0 Å². The number of benzene rings is 1. The van der Waals surface area contributed by atoms with Crippen LogP contribution in [-0.4, -0.2) is 53.4 Å². The monoisotopic (exact) mass is 333 g/mol. The number of rotatable bonds is 3. The molecule has 1 fully saturated rings. The molecule has 1 aromatic heterocycles. The van der Waals surface area contributed by atoms with Gasteiger partial charge in [-0.2, -0.15) is 0 Å². The molecule has 0 atom stereocenters. The number of aromatic nitrogens is 1. The Kier molecular flexibility index (Phi) is 4.73. The van der Waals surface area contributed by atoms with Crippen LogP contribution in [0, 0.1) is 12.7 Å². The van der Waals surface area contributed by atoms with Crippen LogP contribution in [0.5, 0.6) is 0 Å². The smallest absolute Gasteiger partial charge is 0.274 e. The summed E-state index contributed by atoms with van der Waals surface area (Å²) in [5, 5.41) is 0.777. The molecule has 23 heavy (non-hydrogen) atoms. The van der Waals surface area contributed by atoms with Gasteiger partial charge in [0.25, 0.3) is 5.91 Å². The van der Waals surface area contributed by atoms with E-state index in [0.717, 1.165) is 24.6 Å². The SMILES string of the molecule is CCN1CCN(C(=O)c2nc(C)sc2-c2ccccc2F)CC1. The second-order valence-electron chi connectivity index (χ2n) is 5.62. The number of piperazine rings is 1. The summed E-state index contributed by atoms with van der Waals surface area (Å²) in [5.74, 6) is -0.413. The third-order valence-electron chi connectivity index (χ3n) is 4.16. The average molecular weight is 333 g/mol. The van der Waals surface area contributed by atoms with Gasteiger partial charge in [0.15, 0.2) is 0 Å². The zero-order valence-corrected chi connectivity index (χ0v) is 14.2. The first-order chi connectivity index (χ1) is 11.1. The highest BCUT2D eigenvalue weighted by Crippen LogP contribution is 2.32. The topological polar surface area (TPSA) is 36.4 Å². The van der Waals surface area contributed by atoms with E-state index < -0.39 is 0 Å². The molecule has 1 aromatic carbocycles. The molecule has 0 N–H and O–H groups in total. The van der Waals surface area contributed by atoms with Gasteiger partial charge in [-0.1, -0.05) is 25.1 Å². The van der Waals surface area contributed by atoms with Gasteiger partial charge < -0.3 is 9.80 Å². The van der Waals surface area contributed by atoms with Crippen LogP contribution in [0.2, 0.25) is 0 Å². The standard InChI is InChI=1S/C17H20FN3OS/c1-3-20-8-10-21(11-9-20)17(22)15-16(23-12(2)19-15)13-6-4-5-7-14(13)18/h4-7H,3,8-11H2,1-2H3. The minimum atomic E-state index is -0.319. The quantitative estimate of drug-likeness (QED) is 0.866. The Labute approximate surface area is 139 Å². The van der Waals surface area contributed by atoms with Crippen LogP contribution < -0.4 is 0 Å². The fourth-order valence-electron chi connectivity index (χ4n) is 2.82. The second-order valence-corrected chi connectivity index (χ2v) is 6.82. The van der Waals surface area contributed by atoms with Crippen LogP contribution >= 0.6 is 11.3 Å². The molecular weight excluding hydrogens is 313 g/mol. The van der Waals surface area contributed by atoms with Gasteiger partial charge in [0.2, 0.25) is 0 Å². The maximum Gasteiger partial charge on any atom is 0.274 e. The van der Waals surface area contributed by atoms with Crippen molar-refractivity contribution in [3.63, 3.8) is 0 Å². The van der Waals surface area contributed by atoms with Crippen molar-refractivity contribution in [2.45, 2.75) is 13.8 Å². The summed E-state index contributed by atoms with van der Waals surface area (Å²) >= 11 is 1.37. The Hall–Kier alpha value is -1.79. The van der Waals surface area contributed by atoms with Crippen molar-refractivity contribution in [3.05, 3.63) is 40.8 Å². The predicted molar refractivity (Wildman–Crippen MR) is 90.3 cm³/mol. The molecule has 1 amide bonds. The van der Waals surface area contributed by atoms with Gasteiger partial charge in [0, 0.05) is 31.7 Å². The van der Waals surface area contributed by atoms with E-state index in [0.29, 0.717) is 29.2 Å². The van der Waals surface area contributed by atoms with E-state index in [9.17, 15) is 9.18 Å². The second kappa shape index (κ2) is 6.76. The minimum Gasteiger partial charge on any atom is -0.335 e. The number of halogens is 1. The van der Waals surface area contributed by atoms with Crippen LogP contribution in [0.15, 0.2) is 24.3 Å². The lowest BCUT2D eigenvalue weighted by Gasteiger charge is -2.33. The van der Waals surface area contributed by atoms with Crippen LogP contribution in [0.1, 0.15) is 22.4 Å². The molecule has 0 unspecified atom stereocenters. The molecule has 2 heterocycles. The number of carbonyl (C=O) groups is 1. The Balaban J connectivity index is 1.89. The van der Waals surface area contributed by atoms with E-state index in [1.54, 1.807) is 18.2 Å². The lowest BCUT2D eigenvalue weighted by molar-refractivity contribution is 0.0639. The molecule has 0 radical (unpaired) electrons. The number of hydrogen-bond donors (Lipinski definition) is 0. The van der Waals surface area contributed by atoms with Gasteiger partial charge in [0.05, 0.1) is 9.88 Å². The number of carbonyl (C=O) groups excluding carboxylic acids is 1. The molecule has 0 saturated carbocycles. The zero-order valence-electron chi connectivity index (χ0n) is 13.4. The van der Waals surface area contributed by atoms with Crippen LogP contribution in [0.25, 0.3) is 10.4 Å². The van der Waals surface area contributed by atoms with E-state index in [4.69, 9.17) is 0 Å². The van der Waals surface area contributed by atoms with Crippen molar-refractivity contribution in [3.8, 4) is 10.4 Å². The molecule has 1 aliphatic rings. The van der Waals surface area contributed by atoms with E-state index >= 15 is 0 Å². The summed E-state index contributed by atoms with van der Waals surface area (Å²) in [6.45, 7) is 8.11. The molecule has 6 heteroatoms. The van der Waals surface area contributed by atoms with Crippen molar-refractivity contribution >= 4 is 17.2 Å². The molecule has 1 aliphatic heterocycles. The molecular formula is C17H20FN3OS. The summed E-state index contributed by atoms with van der Waals surface area (Å²) in [6.07, 6.45) is 0. The zero-order chi connectivity index (χ0) is 16.4. The first-order valence-electron chi connectivity index (χ1n) is 7.84. The first-order valence-corrected chi connectivity index (χ1v) is 8.65. The number of amides is 1. The summed E-state index contributed by atoms with van der Waals surface area (Å²) in [7, 11) is 0. The lowest BCUT2D eigenvalue weighted by Crippen LogP contribution is -2.48. The van der Waals surface area contributed by atoms with Gasteiger partial charge >= 0.3 is 0 Å². The Morgan fingerprint density at radius 3 is 2.61 bits per heavy atom. The molecule has 0 spiro atoms. The largest absolute Gasteiger partial charge is 0.335 e. The van der Waals surface area contributed by atoms with Crippen molar-refractivity contribution in [1.82, 2.24) is 14.8 Å². The summed E-state index contributed by atoms with van der Waals surface area (Å²) in [6, 6.07) is 6.55. The van der Waals surface area contributed by atoms with Gasteiger partial charge in [0.1, 0.15) is 11.5 Å². The third kappa shape index (κ3) is 3.28. The van der Waals surface area contributed by atoms with E-state index in [1.165, 1.54) is 17.4 Å². The Morgan fingerprint density at radius 1 is 1.26 bits per heavy atom. The highest BCUT2D eigenvalue weighted by molar-refractivity contribution is 7.15. The van der Waals surface area contributed by atoms with Crippen LogP contribution in [0.3, 0.4) is 0 Å². The van der Waals surface area contributed by atoms with Crippen molar-refractivity contribution in [1.29, 1.82) is 0 Å².